The Kier molecular flexibility index (Phi) is 4.53. The fourth-order valence-corrected chi connectivity index (χ4v) is 0.958. The molecule has 13 heavy (non-hydrogen) atoms. The SMILES string of the molecule is C=C/C=C(\C=C/C)N(C)C(C)(C)C. The molecule has 0 amide bonds. The van der Waals surface area contributed by atoms with Crippen molar-refractivity contribution in [2.45, 2.75) is 33.2 Å². The molecule has 0 bridgehead atoms. The molecule has 0 aliphatic carbocycles. The van der Waals surface area contributed by atoms with Gasteiger partial charge in [0.25, 0.3) is 0 Å². The minimum Gasteiger partial charge on any atom is -0.370 e. The molecule has 0 rings (SSSR count). The maximum absolute atomic E-state index is 3.71. The van der Waals surface area contributed by atoms with Crippen LogP contribution < -0.4 is 0 Å². The quantitative estimate of drug-likeness (QED) is 0.600. The minimum absolute atomic E-state index is 0.147. The van der Waals surface area contributed by atoms with E-state index in [-0.39, 0.29) is 5.54 Å². The molecule has 0 saturated heterocycles. The molecular formula is C12H21N. The third-order valence-corrected chi connectivity index (χ3v) is 2.02. The Morgan fingerprint density at radius 2 is 1.85 bits per heavy atom. The first-order chi connectivity index (χ1) is 5.93. The summed E-state index contributed by atoms with van der Waals surface area (Å²) in [7, 11) is 2.09. The Labute approximate surface area is 82.4 Å². The summed E-state index contributed by atoms with van der Waals surface area (Å²) in [5, 5.41) is 0. The van der Waals surface area contributed by atoms with E-state index in [2.05, 4.69) is 45.4 Å². The van der Waals surface area contributed by atoms with Crippen molar-refractivity contribution in [1.29, 1.82) is 0 Å². The van der Waals surface area contributed by atoms with E-state index in [0.717, 1.165) is 0 Å². The van der Waals surface area contributed by atoms with Gasteiger partial charge in [-0.1, -0.05) is 18.7 Å². The topological polar surface area (TPSA) is 3.24 Å². The van der Waals surface area contributed by atoms with Crippen molar-refractivity contribution >= 4 is 0 Å². The molecule has 0 N–H and O–H groups in total. The van der Waals surface area contributed by atoms with E-state index >= 15 is 0 Å². The molecule has 0 aliphatic rings. The molecule has 0 saturated carbocycles. The third-order valence-electron chi connectivity index (χ3n) is 2.02. The number of likely N-dealkylation sites (N-methyl/N-ethyl adjacent to an activating group) is 1. The van der Waals surface area contributed by atoms with E-state index in [0.29, 0.717) is 0 Å². The molecule has 0 aliphatic heterocycles. The van der Waals surface area contributed by atoms with Crippen LogP contribution in [0.5, 0.6) is 0 Å². The Morgan fingerprint density at radius 3 is 2.15 bits per heavy atom. The summed E-state index contributed by atoms with van der Waals surface area (Å²) >= 11 is 0. The van der Waals surface area contributed by atoms with E-state index in [4.69, 9.17) is 0 Å². The third kappa shape index (κ3) is 3.97. The maximum Gasteiger partial charge on any atom is 0.0364 e. The van der Waals surface area contributed by atoms with Crippen LogP contribution >= 0.6 is 0 Å². The summed E-state index contributed by atoms with van der Waals surface area (Å²) in [6.45, 7) is 12.3. The van der Waals surface area contributed by atoms with Crippen LogP contribution in [0.15, 0.2) is 36.6 Å². The molecule has 0 radical (unpaired) electrons. The van der Waals surface area contributed by atoms with Gasteiger partial charge in [0.2, 0.25) is 0 Å². The predicted octanol–water partition coefficient (Wildman–Crippen LogP) is 3.36. The van der Waals surface area contributed by atoms with Crippen LogP contribution in [0.4, 0.5) is 0 Å². The lowest BCUT2D eigenvalue weighted by molar-refractivity contribution is 0.235. The first-order valence-electron chi connectivity index (χ1n) is 4.62. The van der Waals surface area contributed by atoms with Crippen molar-refractivity contribution in [1.82, 2.24) is 4.90 Å². The van der Waals surface area contributed by atoms with Crippen LogP contribution in [0.3, 0.4) is 0 Å². The second kappa shape index (κ2) is 4.90. The Bertz CT molecular complexity index is 216. The average Bonchev–Trinajstić information content (AvgIpc) is 2.01. The van der Waals surface area contributed by atoms with Gasteiger partial charge in [0.1, 0.15) is 0 Å². The van der Waals surface area contributed by atoms with Crippen molar-refractivity contribution in [3.8, 4) is 0 Å². The van der Waals surface area contributed by atoms with Crippen molar-refractivity contribution in [3.63, 3.8) is 0 Å². The van der Waals surface area contributed by atoms with Gasteiger partial charge < -0.3 is 4.90 Å². The van der Waals surface area contributed by atoms with E-state index in [1.165, 1.54) is 5.70 Å². The zero-order chi connectivity index (χ0) is 10.5. The van der Waals surface area contributed by atoms with E-state index < -0.39 is 0 Å². The highest BCUT2D eigenvalue weighted by molar-refractivity contribution is 5.22. The molecule has 0 spiro atoms. The fraction of sp³-hybridized carbons (Fsp3) is 0.500. The summed E-state index contributed by atoms with van der Waals surface area (Å²) in [4.78, 5) is 2.23. The lowest BCUT2D eigenvalue weighted by Crippen LogP contribution is -2.36. The summed E-state index contributed by atoms with van der Waals surface area (Å²) in [6, 6.07) is 0. The van der Waals surface area contributed by atoms with E-state index in [1.807, 2.05) is 25.2 Å². The Morgan fingerprint density at radius 1 is 1.31 bits per heavy atom. The van der Waals surface area contributed by atoms with Crippen molar-refractivity contribution in [3.05, 3.63) is 36.6 Å². The molecule has 0 aromatic carbocycles. The van der Waals surface area contributed by atoms with E-state index in [9.17, 15) is 0 Å². The molecule has 74 valence electrons. The maximum atomic E-state index is 3.71. The number of nitrogens with zero attached hydrogens (tertiary/aromatic N) is 1. The van der Waals surface area contributed by atoms with E-state index in [1.54, 1.807) is 0 Å². The lowest BCUT2D eigenvalue weighted by Gasteiger charge is -2.34. The highest BCUT2D eigenvalue weighted by atomic mass is 15.2. The summed E-state index contributed by atoms with van der Waals surface area (Å²) in [5.41, 5.74) is 1.33. The zero-order valence-electron chi connectivity index (χ0n) is 9.46. The van der Waals surface area contributed by atoms with Gasteiger partial charge in [-0.05, 0) is 39.8 Å². The second-order valence-electron chi connectivity index (χ2n) is 4.06. The standard InChI is InChI=1S/C12H21N/c1-7-9-11(10-8-2)13(6)12(3,4)5/h7-10H,1H2,2-6H3/b10-8-,11-9+. The van der Waals surface area contributed by atoms with Crippen molar-refractivity contribution in [2.24, 2.45) is 0 Å². The largest absolute Gasteiger partial charge is 0.370 e. The smallest absolute Gasteiger partial charge is 0.0364 e. The molecular weight excluding hydrogens is 158 g/mol. The van der Waals surface area contributed by atoms with Gasteiger partial charge >= 0.3 is 0 Å². The average molecular weight is 179 g/mol. The molecule has 0 unspecified atom stereocenters. The molecule has 0 aromatic heterocycles. The van der Waals surface area contributed by atoms with Crippen LogP contribution in [0, 0.1) is 0 Å². The van der Waals surface area contributed by atoms with Crippen LogP contribution in [0.25, 0.3) is 0 Å². The molecule has 0 heterocycles. The first kappa shape index (κ1) is 12.0. The fourth-order valence-electron chi connectivity index (χ4n) is 0.958. The molecule has 1 nitrogen and oxygen atoms in total. The van der Waals surface area contributed by atoms with Crippen molar-refractivity contribution < 1.29 is 0 Å². The highest BCUT2D eigenvalue weighted by Gasteiger charge is 2.17. The zero-order valence-corrected chi connectivity index (χ0v) is 9.46. The van der Waals surface area contributed by atoms with Crippen molar-refractivity contribution in [2.75, 3.05) is 7.05 Å². The summed E-state index contributed by atoms with van der Waals surface area (Å²) in [5.74, 6) is 0. The molecule has 0 aromatic rings. The highest BCUT2D eigenvalue weighted by Crippen LogP contribution is 2.17. The van der Waals surface area contributed by atoms with Gasteiger partial charge in [0, 0.05) is 18.3 Å². The lowest BCUT2D eigenvalue weighted by atomic mass is 10.1. The Balaban J connectivity index is 4.76. The van der Waals surface area contributed by atoms with Gasteiger partial charge in [-0.3, -0.25) is 0 Å². The van der Waals surface area contributed by atoms with Crippen LogP contribution in [0.2, 0.25) is 0 Å². The first-order valence-corrected chi connectivity index (χ1v) is 4.62. The summed E-state index contributed by atoms with van der Waals surface area (Å²) in [6.07, 6.45) is 7.97. The number of rotatable bonds is 3. The number of hydrogen-bond donors (Lipinski definition) is 0. The monoisotopic (exact) mass is 179 g/mol. The minimum atomic E-state index is 0.147. The van der Waals surface area contributed by atoms with Gasteiger partial charge in [-0.15, -0.1) is 0 Å². The number of allylic oxidation sites excluding steroid dienone is 4. The predicted molar refractivity (Wildman–Crippen MR) is 60.6 cm³/mol. The molecule has 1 heteroatoms. The van der Waals surface area contributed by atoms with Gasteiger partial charge in [0.15, 0.2) is 0 Å². The molecule has 0 fully saturated rings. The number of hydrogen-bond acceptors (Lipinski definition) is 1. The van der Waals surface area contributed by atoms with Gasteiger partial charge in [-0.2, -0.15) is 0 Å². The second-order valence-corrected chi connectivity index (χ2v) is 4.06. The van der Waals surface area contributed by atoms with Crippen LogP contribution in [-0.4, -0.2) is 17.5 Å². The Hall–Kier alpha value is -0.980. The van der Waals surface area contributed by atoms with Crippen LogP contribution in [0.1, 0.15) is 27.7 Å². The van der Waals surface area contributed by atoms with Gasteiger partial charge in [0.05, 0.1) is 0 Å². The molecule has 0 atom stereocenters. The van der Waals surface area contributed by atoms with Crippen LogP contribution in [-0.2, 0) is 0 Å². The normalized spacial score (nSPS) is 13.5. The van der Waals surface area contributed by atoms with Gasteiger partial charge in [-0.25, -0.2) is 0 Å². The summed E-state index contributed by atoms with van der Waals surface area (Å²) < 4.78 is 0.